The van der Waals surface area contributed by atoms with Crippen molar-refractivity contribution in [1.82, 2.24) is 0 Å². The van der Waals surface area contributed by atoms with Gasteiger partial charge in [0.1, 0.15) is 0 Å². The number of benzene rings is 1. The van der Waals surface area contributed by atoms with Crippen LogP contribution >= 0.6 is 22.6 Å². The van der Waals surface area contributed by atoms with Gasteiger partial charge in [-0.3, -0.25) is 0 Å². The fourth-order valence-electron chi connectivity index (χ4n) is 1.62. The third-order valence-corrected chi connectivity index (χ3v) is 3.25. The Hall–Kier alpha value is -0.490. The summed E-state index contributed by atoms with van der Waals surface area (Å²) in [5, 5.41) is 3.49. The molecule has 1 aromatic rings. The van der Waals surface area contributed by atoms with Crippen molar-refractivity contribution in [3.05, 3.63) is 21.8 Å². The summed E-state index contributed by atoms with van der Waals surface area (Å²) in [5.74, 6) is 0. The van der Waals surface area contributed by atoms with Gasteiger partial charge in [0.05, 0.1) is 6.61 Å². The molecule has 0 aliphatic carbocycles. The van der Waals surface area contributed by atoms with Gasteiger partial charge < -0.3 is 15.8 Å². The molecule has 0 fully saturated rings. The summed E-state index contributed by atoms with van der Waals surface area (Å²) in [7, 11) is 1.73. The molecule has 0 aromatic heterocycles. The number of methoxy groups -OCH3 is 1. The number of rotatable bonds is 6. The molecule has 1 rings (SSSR count). The summed E-state index contributed by atoms with van der Waals surface area (Å²) >= 11 is 2.29. The molecule has 4 heteroatoms. The minimum absolute atomic E-state index is 0.368. The zero-order chi connectivity index (χ0) is 12.0. The average molecular weight is 334 g/mol. The van der Waals surface area contributed by atoms with E-state index in [0.717, 1.165) is 34.4 Å². The molecule has 0 saturated carbocycles. The van der Waals surface area contributed by atoms with Gasteiger partial charge in [0.2, 0.25) is 0 Å². The number of hydrogen-bond donors (Lipinski definition) is 2. The maximum Gasteiger partial charge on any atom is 0.0664 e. The Bertz CT molecular complexity index is 325. The molecule has 90 valence electrons. The number of anilines is 2. The number of hydrogen-bond acceptors (Lipinski definition) is 3. The molecule has 16 heavy (non-hydrogen) atoms. The number of nitrogens with one attached hydrogen (secondary N) is 1. The molecule has 0 saturated heterocycles. The predicted octanol–water partition coefficient (Wildman–Crippen LogP) is 3.10. The largest absolute Gasteiger partial charge is 0.399 e. The van der Waals surface area contributed by atoms with Crippen molar-refractivity contribution in [2.45, 2.75) is 25.8 Å². The Labute approximate surface area is 111 Å². The van der Waals surface area contributed by atoms with E-state index < -0.39 is 0 Å². The number of halogens is 1. The summed E-state index contributed by atoms with van der Waals surface area (Å²) in [4.78, 5) is 0. The number of ether oxygens (including phenoxy) is 1. The fraction of sp³-hybridized carbons (Fsp3) is 0.500. The van der Waals surface area contributed by atoms with E-state index in [9.17, 15) is 0 Å². The van der Waals surface area contributed by atoms with Crippen LogP contribution in [0.4, 0.5) is 11.4 Å². The maximum atomic E-state index is 5.72. The highest BCUT2D eigenvalue weighted by molar-refractivity contribution is 14.1. The second kappa shape index (κ2) is 6.96. The van der Waals surface area contributed by atoms with Crippen LogP contribution in [-0.2, 0) is 4.74 Å². The molecule has 0 aliphatic heterocycles. The van der Waals surface area contributed by atoms with E-state index >= 15 is 0 Å². The van der Waals surface area contributed by atoms with Gasteiger partial charge in [-0.1, -0.05) is 13.3 Å². The third-order valence-electron chi connectivity index (χ3n) is 2.36. The van der Waals surface area contributed by atoms with E-state index in [0.29, 0.717) is 6.04 Å². The van der Waals surface area contributed by atoms with Gasteiger partial charge in [0.15, 0.2) is 0 Å². The Morgan fingerprint density at radius 1 is 1.50 bits per heavy atom. The smallest absolute Gasteiger partial charge is 0.0664 e. The first-order chi connectivity index (χ1) is 7.67. The van der Waals surface area contributed by atoms with Crippen LogP contribution in [0.25, 0.3) is 0 Å². The van der Waals surface area contributed by atoms with E-state index in [1.807, 2.05) is 18.2 Å². The maximum absolute atomic E-state index is 5.72. The van der Waals surface area contributed by atoms with Gasteiger partial charge in [0.25, 0.3) is 0 Å². The number of nitrogens with two attached hydrogens (primary N) is 1. The van der Waals surface area contributed by atoms with Crippen molar-refractivity contribution >= 4 is 34.0 Å². The molecule has 0 aliphatic rings. The first-order valence-electron chi connectivity index (χ1n) is 5.47. The van der Waals surface area contributed by atoms with Crippen molar-refractivity contribution in [3.63, 3.8) is 0 Å². The average Bonchev–Trinajstić information content (AvgIpc) is 2.23. The molecule has 1 atom stereocenters. The minimum Gasteiger partial charge on any atom is -0.399 e. The SMILES string of the molecule is CCCC(COC)Nc1ccc(N)cc1I. The van der Waals surface area contributed by atoms with Gasteiger partial charge in [-0.15, -0.1) is 0 Å². The van der Waals surface area contributed by atoms with Gasteiger partial charge in [-0.2, -0.15) is 0 Å². The van der Waals surface area contributed by atoms with Crippen LogP contribution in [0.5, 0.6) is 0 Å². The predicted molar refractivity (Wildman–Crippen MR) is 77.8 cm³/mol. The van der Waals surface area contributed by atoms with Gasteiger partial charge in [0, 0.05) is 28.1 Å². The van der Waals surface area contributed by atoms with Crippen LogP contribution < -0.4 is 11.1 Å². The Kier molecular flexibility index (Phi) is 5.90. The van der Waals surface area contributed by atoms with E-state index in [1.165, 1.54) is 0 Å². The van der Waals surface area contributed by atoms with Crippen molar-refractivity contribution in [3.8, 4) is 0 Å². The number of nitrogen functional groups attached to an aromatic ring is 1. The zero-order valence-electron chi connectivity index (χ0n) is 9.79. The molecule has 3 nitrogen and oxygen atoms in total. The Morgan fingerprint density at radius 2 is 2.25 bits per heavy atom. The second-order valence-electron chi connectivity index (χ2n) is 3.82. The van der Waals surface area contributed by atoms with E-state index in [2.05, 4.69) is 34.8 Å². The molecule has 1 unspecified atom stereocenters. The highest BCUT2D eigenvalue weighted by Gasteiger charge is 2.09. The van der Waals surface area contributed by atoms with E-state index in [1.54, 1.807) is 7.11 Å². The standard InChI is InChI=1S/C12H19IN2O/c1-3-4-10(8-16-2)15-12-6-5-9(14)7-11(12)13/h5-7,10,15H,3-4,8,14H2,1-2H3. The van der Waals surface area contributed by atoms with Crippen LogP contribution in [0.2, 0.25) is 0 Å². The van der Waals surface area contributed by atoms with E-state index in [4.69, 9.17) is 10.5 Å². The normalized spacial score (nSPS) is 12.4. The van der Waals surface area contributed by atoms with Crippen molar-refractivity contribution < 1.29 is 4.74 Å². The quantitative estimate of drug-likeness (QED) is 0.621. The Morgan fingerprint density at radius 3 is 2.81 bits per heavy atom. The molecule has 0 amide bonds. The lowest BCUT2D eigenvalue weighted by atomic mass is 10.1. The van der Waals surface area contributed by atoms with Crippen molar-refractivity contribution in [2.75, 3.05) is 24.8 Å². The molecule has 0 heterocycles. The molecular weight excluding hydrogens is 315 g/mol. The Balaban J connectivity index is 2.68. The molecule has 0 radical (unpaired) electrons. The highest BCUT2D eigenvalue weighted by atomic mass is 127. The molecule has 3 N–H and O–H groups in total. The molecule has 1 aromatic carbocycles. The summed E-state index contributed by atoms with van der Waals surface area (Å²) in [6.45, 7) is 2.91. The lowest BCUT2D eigenvalue weighted by Gasteiger charge is -2.19. The van der Waals surface area contributed by atoms with Crippen LogP contribution in [0.1, 0.15) is 19.8 Å². The summed E-state index contributed by atoms with van der Waals surface area (Å²) in [6.07, 6.45) is 2.25. The topological polar surface area (TPSA) is 47.3 Å². The van der Waals surface area contributed by atoms with E-state index in [-0.39, 0.29) is 0 Å². The van der Waals surface area contributed by atoms with Crippen LogP contribution in [0.3, 0.4) is 0 Å². The summed E-state index contributed by atoms with van der Waals surface area (Å²) in [5.41, 5.74) is 7.65. The molecular formula is C12H19IN2O. The molecule has 0 bridgehead atoms. The van der Waals surface area contributed by atoms with Gasteiger partial charge in [-0.25, -0.2) is 0 Å². The summed E-state index contributed by atoms with van der Waals surface area (Å²) < 4.78 is 6.35. The zero-order valence-corrected chi connectivity index (χ0v) is 12.0. The highest BCUT2D eigenvalue weighted by Crippen LogP contribution is 2.22. The molecule has 0 spiro atoms. The summed E-state index contributed by atoms with van der Waals surface area (Å²) in [6, 6.07) is 6.28. The second-order valence-corrected chi connectivity index (χ2v) is 4.99. The van der Waals surface area contributed by atoms with Crippen LogP contribution in [0.15, 0.2) is 18.2 Å². The fourth-order valence-corrected chi connectivity index (χ4v) is 2.31. The lowest BCUT2D eigenvalue weighted by molar-refractivity contribution is 0.182. The third kappa shape index (κ3) is 4.17. The van der Waals surface area contributed by atoms with Crippen LogP contribution in [-0.4, -0.2) is 19.8 Å². The minimum atomic E-state index is 0.368. The van der Waals surface area contributed by atoms with Gasteiger partial charge >= 0.3 is 0 Å². The van der Waals surface area contributed by atoms with Gasteiger partial charge in [-0.05, 0) is 47.2 Å². The van der Waals surface area contributed by atoms with Crippen LogP contribution in [0, 0.1) is 3.57 Å². The monoisotopic (exact) mass is 334 g/mol. The lowest BCUT2D eigenvalue weighted by Crippen LogP contribution is -2.25. The first-order valence-corrected chi connectivity index (χ1v) is 6.55. The van der Waals surface area contributed by atoms with Crippen molar-refractivity contribution in [1.29, 1.82) is 0 Å². The van der Waals surface area contributed by atoms with Crippen molar-refractivity contribution in [2.24, 2.45) is 0 Å². The first kappa shape index (κ1) is 13.6.